The second-order valence-electron chi connectivity index (χ2n) is 12.7. The lowest BCUT2D eigenvalue weighted by atomic mass is 9.47. The molecule has 3 saturated carbocycles. The van der Waals surface area contributed by atoms with Crippen molar-refractivity contribution in [1.82, 2.24) is 5.32 Å². The fraction of sp³-hybridized carbons (Fsp3) is 0.793. The molecule has 2 N–H and O–H groups in total. The van der Waals surface area contributed by atoms with Crippen molar-refractivity contribution in [3.05, 3.63) is 11.6 Å². The molecule has 0 aromatic heterocycles. The minimum Gasteiger partial charge on any atom is -0.480 e. The van der Waals surface area contributed by atoms with Crippen molar-refractivity contribution in [2.75, 3.05) is 0 Å². The number of nitrogens with one attached hydrogen (secondary N) is 1. The van der Waals surface area contributed by atoms with E-state index < -0.39 is 17.9 Å². The highest BCUT2D eigenvalue weighted by Gasteiger charge is 2.59. The zero-order chi connectivity index (χ0) is 26.3. The number of carboxylic acid groups (broad SMARTS) is 1. The first kappa shape index (κ1) is 26.9. The van der Waals surface area contributed by atoms with Crippen LogP contribution in [0.25, 0.3) is 0 Å². The average molecular weight is 502 g/mol. The Morgan fingerprint density at radius 3 is 2.50 bits per heavy atom. The van der Waals surface area contributed by atoms with Gasteiger partial charge < -0.3 is 15.2 Å². The van der Waals surface area contributed by atoms with Crippen molar-refractivity contribution in [2.24, 2.45) is 34.5 Å². The number of ether oxygens (including phenoxy) is 1. The quantitative estimate of drug-likeness (QED) is 0.461. The zero-order valence-electron chi connectivity index (χ0n) is 22.3. The number of fused-ring (bicyclic) bond motifs is 5. The molecule has 200 valence electrons. The molecule has 4 aliphatic carbocycles. The standard InChI is InChI=1S/C29H43NO6/c1-17(2)15-23(27(34)35)30-25(32)9-10-26(33)36-24-8-7-21-20-6-5-18-16-19(31)11-13-28(18,3)22(20)12-14-29(21,24)4/h16-17,20-24H,5-15H2,1-4H3,(H,30,32)(H,34,35)/t20-,21+,22-,23-,24-,28+,29+/m1/s1. The Labute approximate surface area is 214 Å². The number of carbonyl (C=O) groups is 4. The minimum atomic E-state index is -1.06. The molecular weight excluding hydrogens is 458 g/mol. The Morgan fingerprint density at radius 2 is 1.81 bits per heavy atom. The highest BCUT2D eigenvalue weighted by molar-refractivity contribution is 5.91. The highest BCUT2D eigenvalue weighted by atomic mass is 16.5. The van der Waals surface area contributed by atoms with E-state index in [4.69, 9.17) is 4.74 Å². The van der Waals surface area contributed by atoms with Gasteiger partial charge in [0.15, 0.2) is 5.78 Å². The number of carboxylic acids is 1. The first-order chi connectivity index (χ1) is 16.9. The van der Waals surface area contributed by atoms with Crippen LogP contribution in [-0.2, 0) is 23.9 Å². The predicted molar refractivity (Wildman–Crippen MR) is 135 cm³/mol. The largest absolute Gasteiger partial charge is 0.480 e. The van der Waals surface area contributed by atoms with Gasteiger partial charge in [-0.3, -0.25) is 14.4 Å². The second-order valence-corrected chi connectivity index (χ2v) is 12.7. The van der Waals surface area contributed by atoms with Crippen molar-refractivity contribution in [3.63, 3.8) is 0 Å². The Morgan fingerprint density at radius 1 is 1.06 bits per heavy atom. The van der Waals surface area contributed by atoms with Gasteiger partial charge in [0.2, 0.25) is 5.91 Å². The summed E-state index contributed by atoms with van der Waals surface area (Å²) in [5.74, 6) is 0.263. The Hall–Kier alpha value is -2.18. The number of ketones is 1. The molecule has 0 aromatic rings. The summed E-state index contributed by atoms with van der Waals surface area (Å²) in [5, 5.41) is 11.9. The second kappa shape index (κ2) is 10.3. The summed E-state index contributed by atoms with van der Waals surface area (Å²) in [6, 6.07) is -0.937. The van der Waals surface area contributed by atoms with Gasteiger partial charge in [0.25, 0.3) is 0 Å². The van der Waals surface area contributed by atoms with Gasteiger partial charge in [-0.2, -0.15) is 0 Å². The van der Waals surface area contributed by atoms with E-state index in [0.717, 1.165) is 44.9 Å². The average Bonchev–Trinajstić information content (AvgIpc) is 3.13. The molecule has 4 rings (SSSR count). The molecule has 0 bridgehead atoms. The van der Waals surface area contributed by atoms with E-state index in [1.807, 2.05) is 19.9 Å². The number of aliphatic carboxylic acids is 1. The number of hydrogen-bond donors (Lipinski definition) is 2. The van der Waals surface area contributed by atoms with Crippen LogP contribution in [0.5, 0.6) is 0 Å². The molecule has 0 aromatic carbocycles. The topological polar surface area (TPSA) is 110 Å². The van der Waals surface area contributed by atoms with Crippen molar-refractivity contribution in [1.29, 1.82) is 0 Å². The summed E-state index contributed by atoms with van der Waals surface area (Å²) in [6.45, 7) is 8.47. The van der Waals surface area contributed by atoms with Crippen molar-refractivity contribution in [3.8, 4) is 0 Å². The van der Waals surface area contributed by atoms with Gasteiger partial charge in [-0.1, -0.05) is 33.3 Å². The van der Waals surface area contributed by atoms with Crippen LogP contribution in [0.3, 0.4) is 0 Å². The van der Waals surface area contributed by atoms with Crippen LogP contribution in [-0.4, -0.2) is 40.9 Å². The Kier molecular flexibility index (Phi) is 7.68. The van der Waals surface area contributed by atoms with Crippen LogP contribution in [0.15, 0.2) is 11.6 Å². The fourth-order valence-electron chi connectivity index (χ4n) is 8.10. The van der Waals surface area contributed by atoms with E-state index >= 15 is 0 Å². The molecule has 0 saturated heterocycles. The van der Waals surface area contributed by atoms with Crippen LogP contribution < -0.4 is 5.32 Å². The Balaban J connectivity index is 1.33. The van der Waals surface area contributed by atoms with E-state index in [1.165, 1.54) is 5.57 Å². The summed E-state index contributed by atoms with van der Waals surface area (Å²) in [6.07, 6.45) is 9.81. The van der Waals surface area contributed by atoms with Gasteiger partial charge in [-0.05, 0) is 86.5 Å². The molecular formula is C29H43NO6. The molecule has 0 heterocycles. The molecule has 0 spiro atoms. The van der Waals surface area contributed by atoms with Crippen molar-refractivity contribution in [2.45, 2.75) is 110 Å². The molecule has 4 aliphatic rings. The number of hydrogen-bond acceptors (Lipinski definition) is 5. The van der Waals surface area contributed by atoms with Crippen LogP contribution in [0.1, 0.15) is 98.3 Å². The van der Waals surface area contributed by atoms with E-state index in [9.17, 15) is 24.3 Å². The lowest BCUT2D eigenvalue weighted by molar-refractivity contribution is -0.160. The fourth-order valence-corrected chi connectivity index (χ4v) is 8.10. The van der Waals surface area contributed by atoms with Crippen LogP contribution in [0.4, 0.5) is 0 Å². The first-order valence-electron chi connectivity index (χ1n) is 13.9. The molecule has 7 nitrogen and oxygen atoms in total. The van der Waals surface area contributed by atoms with Gasteiger partial charge >= 0.3 is 11.9 Å². The van der Waals surface area contributed by atoms with Crippen LogP contribution in [0.2, 0.25) is 0 Å². The van der Waals surface area contributed by atoms with Gasteiger partial charge in [0.1, 0.15) is 12.1 Å². The van der Waals surface area contributed by atoms with Crippen molar-refractivity contribution >= 4 is 23.6 Å². The third kappa shape index (κ3) is 5.12. The third-order valence-corrected chi connectivity index (χ3v) is 10.0. The molecule has 0 radical (unpaired) electrons. The van der Waals surface area contributed by atoms with E-state index in [-0.39, 0.29) is 47.4 Å². The lowest BCUT2D eigenvalue weighted by Crippen LogP contribution is -2.51. The SMILES string of the molecule is CC(C)C[C@@H](NC(=O)CCC(=O)O[C@@H]1CC[C@H]2[C@H]3CCC4=CC(=O)CC[C@]4(C)[C@@H]3CC[C@]12C)C(=O)O. The first-order valence-corrected chi connectivity index (χ1v) is 13.9. The maximum atomic E-state index is 12.7. The monoisotopic (exact) mass is 501 g/mol. The molecule has 3 fully saturated rings. The molecule has 1 amide bonds. The smallest absolute Gasteiger partial charge is 0.326 e. The summed E-state index contributed by atoms with van der Waals surface area (Å²) in [5.41, 5.74) is 1.44. The summed E-state index contributed by atoms with van der Waals surface area (Å²) in [4.78, 5) is 48.4. The highest BCUT2D eigenvalue weighted by Crippen LogP contribution is 2.65. The van der Waals surface area contributed by atoms with Crippen LogP contribution >= 0.6 is 0 Å². The minimum absolute atomic E-state index is 0.0383. The number of esters is 1. The van der Waals surface area contributed by atoms with Gasteiger partial charge in [-0.25, -0.2) is 4.79 Å². The normalized spacial score (nSPS) is 36.2. The summed E-state index contributed by atoms with van der Waals surface area (Å²) in [7, 11) is 0. The van der Waals surface area contributed by atoms with Crippen LogP contribution in [0, 0.1) is 34.5 Å². The van der Waals surface area contributed by atoms with E-state index in [2.05, 4.69) is 19.2 Å². The van der Waals surface area contributed by atoms with E-state index in [0.29, 0.717) is 30.6 Å². The molecule has 0 aliphatic heterocycles. The number of carbonyl (C=O) groups excluding carboxylic acids is 3. The number of amides is 1. The molecule has 7 atom stereocenters. The van der Waals surface area contributed by atoms with Crippen molar-refractivity contribution < 1.29 is 29.0 Å². The molecule has 0 unspecified atom stereocenters. The number of allylic oxidation sites excluding steroid dienone is 1. The number of rotatable bonds is 8. The van der Waals surface area contributed by atoms with Gasteiger partial charge in [-0.15, -0.1) is 0 Å². The van der Waals surface area contributed by atoms with E-state index in [1.54, 1.807) is 0 Å². The summed E-state index contributed by atoms with van der Waals surface area (Å²) >= 11 is 0. The molecule has 36 heavy (non-hydrogen) atoms. The maximum Gasteiger partial charge on any atom is 0.326 e. The predicted octanol–water partition coefficient (Wildman–Crippen LogP) is 4.83. The lowest BCUT2D eigenvalue weighted by Gasteiger charge is -2.57. The Bertz CT molecular complexity index is 940. The van der Waals surface area contributed by atoms with Gasteiger partial charge in [0, 0.05) is 18.3 Å². The zero-order valence-corrected chi connectivity index (χ0v) is 22.3. The maximum absolute atomic E-state index is 12.7. The molecule has 7 heteroatoms. The third-order valence-electron chi connectivity index (χ3n) is 10.0. The summed E-state index contributed by atoms with van der Waals surface area (Å²) < 4.78 is 5.99. The van der Waals surface area contributed by atoms with Gasteiger partial charge in [0.05, 0.1) is 6.42 Å².